The summed E-state index contributed by atoms with van der Waals surface area (Å²) in [5.74, 6) is -0.776. The Labute approximate surface area is 168 Å². The van der Waals surface area contributed by atoms with E-state index in [1.165, 1.54) is 12.1 Å². The van der Waals surface area contributed by atoms with Gasteiger partial charge in [-0.2, -0.15) is 0 Å². The fourth-order valence-corrected chi connectivity index (χ4v) is 3.88. The zero-order chi connectivity index (χ0) is 20.5. The summed E-state index contributed by atoms with van der Waals surface area (Å²) < 4.78 is 13.5. The molecule has 0 unspecified atom stereocenters. The van der Waals surface area contributed by atoms with Crippen LogP contribution >= 0.6 is 0 Å². The predicted molar refractivity (Wildman–Crippen MR) is 111 cm³/mol. The first kappa shape index (κ1) is 19.2. The van der Waals surface area contributed by atoms with Crippen molar-refractivity contribution >= 4 is 28.4 Å². The van der Waals surface area contributed by atoms with Gasteiger partial charge >= 0.3 is 0 Å². The van der Waals surface area contributed by atoms with E-state index >= 15 is 0 Å². The lowest BCUT2D eigenvalue weighted by Gasteiger charge is -2.17. The van der Waals surface area contributed by atoms with E-state index in [4.69, 9.17) is 0 Å². The summed E-state index contributed by atoms with van der Waals surface area (Å²) in [4.78, 5) is 30.0. The minimum atomic E-state index is -0.358. The molecule has 5 nitrogen and oxygen atoms in total. The molecule has 1 aromatic heterocycles. The molecule has 2 amide bonds. The Morgan fingerprint density at radius 2 is 2.07 bits per heavy atom. The van der Waals surface area contributed by atoms with Crippen LogP contribution in [0.4, 0.5) is 10.1 Å². The van der Waals surface area contributed by atoms with Crippen LogP contribution in [0.15, 0.2) is 42.6 Å². The maximum Gasteiger partial charge on any atom is 0.229 e. The van der Waals surface area contributed by atoms with Crippen molar-refractivity contribution in [3.05, 3.63) is 65.1 Å². The third-order valence-corrected chi connectivity index (χ3v) is 5.62. The van der Waals surface area contributed by atoms with Crippen LogP contribution in [0.25, 0.3) is 10.9 Å². The highest BCUT2D eigenvalue weighted by atomic mass is 19.1. The molecule has 1 atom stereocenters. The SMILES string of the molecule is Cc1ccc(C)c(NC(=O)[C@@H]2CC(=O)N(CCc3c[nH]c4ccc(F)cc34)C2)c1. The molecule has 2 N–H and O–H groups in total. The highest BCUT2D eigenvalue weighted by Gasteiger charge is 2.34. The molecule has 3 aromatic rings. The van der Waals surface area contributed by atoms with Gasteiger partial charge in [0.25, 0.3) is 0 Å². The lowest BCUT2D eigenvalue weighted by Crippen LogP contribution is -2.30. The predicted octanol–water partition coefficient (Wildman–Crippen LogP) is 3.95. The molecule has 29 heavy (non-hydrogen) atoms. The molecule has 1 aliphatic heterocycles. The smallest absolute Gasteiger partial charge is 0.229 e. The average Bonchev–Trinajstić information content (AvgIpc) is 3.26. The van der Waals surface area contributed by atoms with Crippen LogP contribution in [0.3, 0.4) is 0 Å². The van der Waals surface area contributed by atoms with E-state index in [1.807, 2.05) is 38.2 Å². The number of halogens is 1. The minimum Gasteiger partial charge on any atom is -0.361 e. The van der Waals surface area contributed by atoms with Crippen molar-refractivity contribution in [1.29, 1.82) is 0 Å². The number of benzene rings is 2. The number of anilines is 1. The molecule has 1 fully saturated rings. The molecule has 150 valence electrons. The molecule has 2 heterocycles. The lowest BCUT2D eigenvalue weighted by molar-refractivity contribution is -0.128. The highest BCUT2D eigenvalue weighted by Crippen LogP contribution is 2.24. The first-order valence-electron chi connectivity index (χ1n) is 9.82. The summed E-state index contributed by atoms with van der Waals surface area (Å²) in [5, 5.41) is 3.80. The molecule has 0 saturated carbocycles. The van der Waals surface area contributed by atoms with Crippen molar-refractivity contribution in [3.63, 3.8) is 0 Å². The topological polar surface area (TPSA) is 65.2 Å². The van der Waals surface area contributed by atoms with Crippen molar-refractivity contribution in [3.8, 4) is 0 Å². The van der Waals surface area contributed by atoms with Gasteiger partial charge in [-0.25, -0.2) is 4.39 Å². The largest absolute Gasteiger partial charge is 0.361 e. The van der Waals surface area contributed by atoms with Gasteiger partial charge in [0, 0.05) is 42.3 Å². The van der Waals surface area contributed by atoms with Gasteiger partial charge in [0.15, 0.2) is 0 Å². The number of aromatic nitrogens is 1. The summed E-state index contributed by atoms with van der Waals surface area (Å²) in [6, 6.07) is 10.6. The summed E-state index contributed by atoms with van der Waals surface area (Å²) in [6.45, 7) is 4.85. The number of hydrogen-bond acceptors (Lipinski definition) is 2. The zero-order valence-corrected chi connectivity index (χ0v) is 16.6. The Balaban J connectivity index is 1.39. The fourth-order valence-electron chi connectivity index (χ4n) is 3.88. The number of nitrogens with one attached hydrogen (secondary N) is 2. The van der Waals surface area contributed by atoms with Crippen LogP contribution in [-0.2, 0) is 16.0 Å². The molecule has 6 heteroatoms. The third-order valence-electron chi connectivity index (χ3n) is 5.62. The summed E-state index contributed by atoms with van der Waals surface area (Å²) in [7, 11) is 0. The molecule has 0 radical (unpaired) electrons. The monoisotopic (exact) mass is 393 g/mol. The summed E-state index contributed by atoms with van der Waals surface area (Å²) in [5.41, 5.74) is 4.71. The van der Waals surface area contributed by atoms with Crippen molar-refractivity contribution in [2.24, 2.45) is 5.92 Å². The molecule has 0 spiro atoms. The van der Waals surface area contributed by atoms with Gasteiger partial charge in [0.2, 0.25) is 11.8 Å². The van der Waals surface area contributed by atoms with E-state index in [2.05, 4.69) is 10.3 Å². The summed E-state index contributed by atoms with van der Waals surface area (Å²) >= 11 is 0. The second-order valence-corrected chi connectivity index (χ2v) is 7.80. The number of aryl methyl sites for hydroxylation is 2. The molecule has 4 rings (SSSR count). The summed E-state index contributed by atoms with van der Waals surface area (Å²) in [6.07, 6.45) is 2.69. The van der Waals surface area contributed by atoms with Gasteiger partial charge in [-0.3, -0.25) is 9.59 Å². The Hall–Kier alpha value is -3.15. The first-order valence-corrected chi connectivity index (χ1v) is 9.82. The standard InChI is InChI=1S/C23H24FN3O2/c1-14-3-4-15(2)21(9-14)26-23(29)17-10-22(28)27(13-17)8-7-16-12-25-20-6-5-18(24)11-19(16)20/h3-6,9,11-12,17,25H,7-8,10,13H2,1-2H3,(H,26,29)/t17-/m1/s1. The van der Waals surface area contributed by atoms with Crippen LogP contribution in [0, 0.1) is 25.6 Å². The number of hydrogen-bond donors (Lipinski definition) is 2. The van der Waals surface area contributed by atoms with Gasteiger partial charge < -0.3 is 15.2 Å². The van der Waals surface area contributed by atoms with Gasteiger partial charge in [0.05, 0.1) is 5.92 Å². The number of H-pyrrole nitrogens is 1. The van der Waals surface area contributed by atoms with E-state index < -0.39 is 0 Å². The molecule has 1 aliphatic rings. The van der Waals surface area contributed by atoms with Crippen LogP contribution < -0.4 is 5.32 Å². The number of rotatable bonds is 5. The Bertz CT molecular complexity index is 1090. The second-order valence-electron chi connectivity index (χ2n) is 7.80. The molecular formula is C23H24FN3O2. The van der Waals surface area contributed by atoms with Gasteiger partial charge in [-0.15, -0.1) is 0 Å². The Morgan fingerprint density at radius 1 is 1.24 bits per heavy atom. The lowest BCUT2D eigenvalue weighted by atomic mass is 10.1. The van der Waals surface area contributed by atoms with E-state index in [0.717, 1.165) is 33.3 Å². The van der Waals surface area contributed by atoms with Crippen molar-refractivity contribution in [2.75, 3.05) is 18.4 Å². The van der Waals surface area contributed by atoms with Crippen molar-refractivity contribution in [1.82, 2.24) is 9.88 Å². The Kier molecular flexibility index (Phi) is 5.09. The van der Waals surface area contributed by atoms with E-state index in [-0.39, 0.29) is 30.0 Å². The second kappa shape index (κ2) is 7.70. The van der Waals surface area contributed by atoms with Crippen LogP contribution in [0.2, 0.25) is 0 Å². The maximum absolute atomic E-state index is 13.5. The van der Waals surface area contributed by atoms with Crippen LogP contribution in [0.1, 0.15) is 23.1 Å². The first-order chi connectivity index (χ1) is 13.9. The van der Waals surface area contributed by atoms with E-state index in [1.54, 1.807) is 11.0 Å². The normalized spacial score (nSPS) is 16.6. The number of fused-ring (bicyclic) bond motifs is 1. The van der Waals surface area contributed by atoms with Gasteiger partial charge in [0.1, 0.15) is 5.82 Å². The molecule has 0 aliphatic carbocycles. The maximum atomic E-state index is 13.5. The van der Waals surface area contributed by atoms with Crippen LogP contribution in [0.5, 0.6) is 0 Å². The zero-order valence-electron chi connectivity index (χ0n) is 16.6. The van der Waals surface area contributed by atoms with E-state index in [0.29, 0.717) is 19.5 Å². The molecule has 1 saturated heterocycles. The number of carbonyl (C=O) groups is 2. The number of aromatic amines is 1. The third kappa shape index (κ3) is 4.01. The van der Waals surface area contributed by atoms with Crippen LogP contribution in [-0.4, -0.2) is 34.8 Å². The molecule has 0 bridgehead atoms. The number of amides is 2. The number of nitrogens with zero attached hydrogens (tertiary/aromatic N) is 1. The molecule has 2 aromatic carbocycles. The van der Waals surface area contributed by atoms with E-state index in [9.17, 15) is 14.0 Å². The number of carbonyl (C=O) groups excluding carboxylic acids is 2. The fraction of sp³-hybridized carbons (Fsp3) is 0.304. The highest BCUT2D eigenvalue weighted by molar-refractivity contribution is 5.97. The Morgan fingerprint density at radius 3 is 2.90 bits per heavy atom. The molecular weight excluding hydrogens is 369 g/mol. The average molecular weight is 393 g/mol. The minimum absolute atomic E-state index is 0.0165. The number of likely N-dealkylation sites (tertiary alicyclic amines) is 1. The van der Waals surface area contributed by atoms with Gasteiger partial charge in [-0.1, -0.05) is 12.1 Å². The van der Waals surface area contributed by atoms with Gasteiger partial charge in [-0.05, 0) is 61.2 Å². The van der Waals surface area contributed by atoms with Crippen molar-refractivity contribution < 1.29 is 14.0 Å². The van der Waals surface area contributed by atoms with Crippen molar-refractivity contribution in [2.45, 2.75) is 26.7 Å². The quantitative estimate of drug-likeness (QED) is 0.689.